The topological polar surface area (TPSA) is 61.8 Å². The summed E-state index contributed by atoms with van der Waals surface area (Å²) in [6.45, 7) is 6.14. The fourth-order valence-corrected chi connectivity index (χ4v) is 1.40. The van der Waals surface area contributed by atoms with Crippen LogP contribution in [0.25, 0.3) is 0 Å². The van der Waals surface area contributed by atoms with E-state index in [1.807, 2.05) is 21.1 Å². The lowest BCUT2D eigenvalue weighted by atomic mass is 10.4. The van der Waals surface area contributed by atoms with Crippen molar-refractivity contribution in [3.8, 4) is 0 Å². The number of nitrogens with zero attached hydrogens (tertiary/aromatic N) is 1. The lowest BCUT2D eigenvalue weighted by Gasteiger charge is -2.21. The van der Waals surface area contributed by atoms with Gasteiger partial charge in [-0.05, 0) is 11.5 Å². The first kappa shape index (κ1) is 17.2. The Bertz CT molecular complexity index is 311. The molecule has 0 aromatic carbocycles. The van der Waals surface area contributed by atoms with E-state index in [1.54, 1.807) is 0 Å². The SMILES string of the molecule is C=C(C)C(=O)OOCC[P+](=O)OCC[N+](C)(C)C. The average molecular weight is 279 g/mol. The number of carbonyl (C=O) groups is 1. The summed E-state index contributed by atoms with van der Waals surface area (Å²) in [7, 11) is 4.29. The van der Waals surface area contributed by atoms with Crippen LogP contribution in [0.2, 0.25) is 0 Å². The van der Waals surface area contributed by atoms with Gasteiger partial charge in [-0.15, -0.1) is 4.52 Å². The molecule has 7 heteroatoms. The molecule has 6 nitrogen and oxygen atoms in total. The minimum atomic E-state index is -1.78. The van der Waals surface area contributed by atoms with E-state index in [9.17, 15) is 9.36 Å². The third-order valence-electron chi connectivity index (χ3n) is 1.84. The van der Waals surface area contributed by atoms with Gasteiger partial charge in [0.05, 0.1) is 21.1 Å². The fourth-order valence-electron chi connectivity index (χ4n) is 0.759. The number of rotatable bonds is 9. The van der Waals surface area contributed by atoms with Gasteiger partial charge in [0.15, 0.2) is 6.61 Å². The quantitative estimate of drug-likeness (QED) is 0.160. The van der Waals surface area contributed by atoms with Gasteiger partial charge in [-0.2, -0.15) is 4.89 Å². The second-order valence-corrected chi connectivity index (χ2v) is 6.25. The van der Waals surface area contributed by atoms with Crippen LogP contribution >= 0.6 is 8.03 Å². The molecule has 0 saturated heterocycles. The summed E-state index contributed by atoms with van der Waals surface area (Å²) in [6.07, 6.45) is 0.190. The van der Waals surface area contributed by atoms with Crippen LogP contribution in [0.5, 0.6) is 0 Å². The van der Waals surface area contributed by atoms with Crippen LogP contribution in [0.3, 0.4) is 0 Å². The number of likely N-dealkylation sites (N-methyl/N-ethyl adjacent to an activating group) is 1. The van der Waals surface area contributed by atoms with Gasteiger partial charge in [0.2, 0.25) is 6.16 Å². The lowest BCUT2D eigenvalue weighted by Crippen LogP contribution is -2.37. The summed E-state index contributed by atoms with van der Waals surface area (Å²) in [5.74, 6) is -0.629. The van der Waals surface area contributed by atoms with Crippen molar-refractivity contribution >= 4 is 14.0 Å². The number of carbonyl (C=O) groups excluding carboxylic acids is 1. The van der Waals surface area contributed by atoms with Crippen molar-refractivity contribution in [1.29, 1.82) is 0 Å². The van der Waals surface area contributed by atoms with Gasteiger partial charge in [0, 0.05) is 5.57 Å². The molecule has 0 bridgehead atoms. The molecule has 0 aliphatic carbocycles. The standard InChI is InChI=1S/C11H22NO5P/c1-10(2)11(13)17-15-8-9-18(14)16-7-6-12(3,4)5/h1,6-9H2,2-5H3/q+2. The first-order valence-corrected chi connectivity index (χ1v) is 6.96. The number of hydrogen-bond acceptors (Lipinski definition) is 5. The molecule has 0 heterocycles. The zero-order valence-corrected chi connectivity index (χ0v) is 12.4. The molecule has 0 fully saturated rings. The van der Waals surface area contributed by atoms with Gasteiger partial charge in [0.25, 0.3) is 0 Å². The maximum Gasteiger partial charge on any atom is 0.510 e. The molecule has 0 aromatic rings. The molecular formula is C11H22NO5P+2. The van der Waals surface area contributed by atoms with E-state index in [2.05, 4.69) is 16.4 Å². The summed E-state index contributed by atoms with van der Waals surface area (Å²) in [6, 6.07) is 0. The molecule has 0 aliphatic heterocycles. The van der Waals surface area contributed by atoms with Crippen molar-refractivity contribution in [3.05, 3.63) is 12.2 Å². The predicted octanol–water partition coefficient (Wildman–Crippen LogP) is 1.50. The highest BCUT2D eigenvalue weighted by Gasteiger charge is 2.20. The molecule has 0 spiro atoms. The molecule has 0 aromatic heterocycles. The minimum absolute atomic E-state index is 0.0403. The Labute approximate surface area is 109 Å². The summed E-state index contributed by atoms with van der Waals surface area (Å²) >= 11 is 0. The van der Waals surface area contributed by atoms with Gasteiger partial charge >= 0.3 is 14.0 Å². The van der Waals surface area contributed by atoms with Crippen molar-refractivity contribution in [2.45, 2.75) is 6.92 Å². The van der Waals surface area contributed by atoms with Crippen LogP contribution in [-0.4, -0.2) is 57.5 Å². The molecule has 104 valence electrons. The van der Waals surface area contributed by atoms with E-state index in [-0.39, 0.29) is 18.3 Å². The van der Waals surface area contributed by atoms with Gasteiger partial charge in [-0.1, -0.05) is 6.58 Å². The molecule has 0 aliphatic rings. The van der Waals surface area contributed by atoms with Crippen LogP contribution in [0.4, 0.5) is 0 Å². The van der Waals surface area contributed by atoms with Crippen LogP contribution in [-0.2, 0) is 23.7 Å². The van der Waals surface area contributed by atoms with E-state index in [1.165, 1.54) is 6.92 Å². The van der Waals surface area contributed by atoms with Crippen molar-refractivity contribution in [3.63, 3.8) is 0 Å². The monoisotopic (exact) mass is 279 g/mol. The Balaban J connectivity index is 3.54. The second-order valence-electron chi connectivity index (χ2n) is 4.88. The first-order valence-electron chi connectivity index (χ1n) is 5.60. The highest BCUT2D eigenvalue weighted by Crippen LogP contribution is 2.21. The minimum Gasteiger partial charge on any atom is -0.329 e. The Morgan fingerprint density at radius 3 is 2.39 bits per heavy atom. The van der Waals surface area contributed by atoms with E-state index in [0.717, 1.165) is 11.0 Å². The van der Waals surface area contributed by atoms with E-state index in [0.29, 0.717) is 6.61 Å². The summed E-state index contributed by atoms with van der Waals surface area (Å²) in [4.78, 5) is 19.9. The maximum atomic E-state index is 11.4. The lowest BCUT2D eigenvalue weighted by molar-refractivity contribution is -0.870. The smallest absolute Gasteiger partial charge is 0.329 e. The Kier molecular flexibility index (Phi) is 7.95. The summed E-state index contributed by atoms with van der Waals surface area (Å²) in [5.41, 5.74) is 0.249. The zero-order valence-electron chi connectivity index (χ0n) is 11.5. The Morgan fingerprint density at radius 1 is 1.28 bits per heavy atom. The van der Waals surface area contributed by atoms with Crippen molar-refractivity contribution in [1.82, 2.24) is 0 Å². The van der Waals surface area contributed by atoms with Crippen LogP contribution < -0.4 is 0 Å². The largest absolute Gasteiger partial charge is 0.510 e. The molecule has 18 heavy (non-hydrogen) atoms. The first-order chi connectivity index (χ1) is 8.22. The molecule has 0 N–H and O–H groups in total. The van der Waals surface area contributed by atoms with Crippen LogP contribution in [0.1, 0.15) is 6.92 Å². The molecule has 0 amide bonds. The highest BCUT2D eigenvalue weighted by atomic mass is 31.1. The third kappa shape index (κ3) is 10.4. The van der Waals surface area contributed by atoms with Gasteiger partial charge < -0.3 is 4.48 Å². The van der Waals surface area contributed by atoms with Crippen molar-refractivity contribution in [2.24, 2.45) is 0 Å². The predicted molar refractivity (Wildman–Crippen MR) is 68.2 cm³/mol. The molecule has 0 radical (unpaired) electrons. The zero-order chi connectivity index (χ0) is 14.2. The average Bonchev–Trinajstić information content (AvgIpc) is 2.22. The van der Waals surface area contributed by atoms with Gasteiger partial charge in [0.1, 0.15) is 13.2 Å². The maximum absolute atomic E-state index is 11.4. The highest BCUT2D eigenvalue weighted by molar-refractivity contribution is 7.39. The number of quaternary nitrogens is 1. The van der Waals surface area contributed by atoms with Crippen molar-refractivity contribution in [2.75, 3.05) is 47.1 Å². The molecule has 0 saturated carbocycles. The van der Waals surface area contributed by atoms with Crippen LogP contribution in [0.15, 0.2) is 12.2 Å². The normalized spacial score (nSPS) is 12.1. The molecule has 0 rings (SSSR count). The van der Waals surface area contributed by atoms with E-state index < -0.39 is 14.0 Å². The Morgan fingerprint density at radius 2 is 1.89 bits per heavy atom. The summed E-state index contributed by atoms with van der Waals surface area (Å²) < 4.78 is 17.3. The fraction of sp³-hybridized carbons (Fsp3) is 0.727. The van der Waals surface area contributed by atoms with Gasteiger partial charge in [-0.25, -0.2) is 4.79 Å². The summed E-state index contributed by atoms with van der Waals surface area (Å²) in [5, 5.41) is 0. The Hall–Kier alpha value is -0.810. The second kappa shape index (κ2) is 8.32. The molecule has 1 unspecified atom stereocenters. The molecule has 1 atom stereocenters. The van der Waals surface area contributed by atoms with Gasteiger partial charge in [-0.3, -0.25) is 4.89 Å². The van der Waals surface area contributed by atoms with E-state index >= 15 is 0 Å². The molecular weight excluding hydrogens is 257 g/mol. The van der Waals surface area contributed by atoms with E-state index in [4.69, 9.17) is 4.52 Å². The van der Waals surface area contributed by atoms with Crippen molar-refractivity contribution < 1.29 is 28.1 Å². The number of hydrogen-bond donors (Lipinski definition) is 0. The van der Waals surface area contributed by atoms with Crippen LogP contribution in [0, 0.1) is 0 Å². The third-order valence-corrected chi connectivity index (χ3v) is 2.86.